The second-order valence-electron chi connectivity index (χ2n) is 14.2. The van der Waals surface area contributed by atoms with Gasteiger partial charge in [0, 0.05) is 73.5 Å². The molecule has 288 valence electrons. The van der Waals surface area contributed by atoms with E-state index in [1.54, 1.807) is 12.3 Å². The summed E-state index contributed by atoms with van der Waals surface area (Å²) in [6.45, 7) is 4.85. The number of aromatic nitrogens is 3. The van der Waals surface area contributed by atoms with Crippen LogP contribution in [0, 0.1) is 24.2 Å². The number of carbonyl (C=O) groups is 1. The zero-order chi connectivity index (χ0) is 39.6. The van der Waals surface area contributed by atoms with Gasteiger partial charge < -0.3 is 20.3 Å². The number of aliphatic carboxylic acids is 1. The molecule has 7 rings (SSSR count). The van der Waals surface area contributed by atoms with E-state index in [9.17, 15) is 33.4 Å². The lowest BCUT2D eigenvalue weighted by atomic mass is 9.96. The molecule has 5 heterocycles. The fourth-order valence-electron chi connectivity index (χ4n) is 7.53. The largest absolute Gasteiger partial charge is 0.496 e. The molecule has 3 aromatic heterocycles. The number of likely N-dealkylation sites (tertiary alicyclic amines) is 2. The van der Waals surface area contributed by atoms with Crippen LogP contribution in [0.3, 0.4) is 0 Å². The van der Waals surface area contributed by atoms with E-state index in [0.717, 1.165) is 35.5 Å². The minimum absolute atomic E-state index is 0.110. The smallest absolute Gasteiger partial charge is 0.417 e. The first-order valence-corrected chi connectivity index (χ1v) is 18.2. The van der Waals surface area contributed by atoms with Crippen LogP contribution in [0.1, 0.15) is 51.8 Å². The molecule has 0 radical (unpaired) electrons. The second-order valence-corrected chi connectivity index (χ2v) is 14.2. The minimum atomic E-state index is -4.70. The Labute approximate surface area is 321 Å². The van der Waals surface area contributed by atoms with Gasteiger partial charge in [-0.25, -0.2) is 4.98 Å². The maximum atomic E-state index is 14.5. The number of fused-ring (bicyclic) bond motifs is 1. The lowest BCUT2D eigenvalue weighted by molar-refractivity contribution is -0.141. The third-order valence-corrected chi connectivity index (χ3v) is 10.5. The summed E-state index contributed by atoms with van der Waals surface area (Å²) in [5.41, 5.74) is 4.05. The molecule has 2 saturated heterocycles. The van der Waals surface area contributed by atoms with E-state index < -0.39 is 23.6 Å². The Morgan fingerprint density at radius 1 is 1.02 bits per heavy atom. The summed E-state index contributed by atoms with van der Waals surface area (Å²) in [7, 11) is 1.38. The number of ether oxygens (including phenoxy) is 1. The molecule has 3 N–H and O–H groups in total. The quantitative estimate of drug-likeness (QED) is 0.125. The van der Waals surface area contributed by atoms with Crippen molar-refractivity contribution in [2.45, 2.75) is 45.1 Å². The number of β-amino-alcohol motifs (C(OH)–C–C–N with tert-alkyl or cyclic N) is 1. The number of carboxylic acids is 1. The molecular formula is C42H40F3N7O4. The summed E-state index contributed by atoms with van der Waals surface area (Å²) >= 11 is 0. The summed E-state index contributed by atoms with van der Waals surface area (Å²) in [6, 6.07) is 15.7. The van der Waals surface area contributed by atoms with Crippen molar-refractivity contribution in [3.05, 3.63) is 106 Å². The molecule has 0 unspecified atom stereocenters. The Hall–Kier alpha value is -5.88. The van der Waals surface area contributed by atoms with Crippen molar-refractivity contribution in [3.63, 3.8) is 0 Å². The standard InChI is InChI=1S/C42H40F3N7O4/c1-25-33(4-3-5-36(25)50-40-38-29(9-13-48-40)16-26(20-49-38)21-51-15-11-32(53)24-51)39-34(19-46)27(8-12-47-39)6-7-28-18-37(56-2)31(17-35(28)42(43,44)45)23-52-14-10-30(22-52)41(54)55/h3-9,12-13,16-18,20,30,32,53H,10-11,14-15,21-24H2,1-2H3,(H,48,50)(H,54,55)/b7-6+/t30-,32-/m1/s1. The number of anilines is 2. The Morgan fingerprint density at radius 3 is 2.50 bits per heavy atom. The number of nitriles is 1. The van der Waals surface area contributed by atoms with Crippen molar-refractivity contribution in [1.29, 1.82) is 5.26 Å². The number of methoxy groups -OCH3 is 1. The molecule has 56 heavy (non-hydrogen) atoms. The van der Waals surface area contributed by atoms with Crippen molar-refractivity contribution < 1.29 is 32.9 Å². The van der Waals surface area contributed by atoms with Gasteiger partial charge in [-0.05, 0) is 85.0 Å². The maximum Gasteiger partial charge on any atom is 0.417 e. The lowest BCUT2D eigenvalue weighted by Crippen LogP contribution is -2.23. The fraction of sp³-hybridized carbons (Fsp3) is 0.310. The molecule has 2 atom stereocenters. The van der Waals surface area contributed by atoms with Crippen LogP contribution in [0.5, 0.6) is 5.75 Å². The average Bonchev–Trinajstić information content (AvgIpc) is 3.83. The van der Waals surface area contributed by atoms with Crippen molar-refractivity contribution in [2.24, 2.45) is 5.92 Å². The maximum absolute atomic E-state index is 14.5. The molecule has 14 heteroatoms. The number of alkyl halides is 3. The van der Waals surface area contributed by atoms with Crippen molar-refractivity contribution >= 4 is 40.5 Å². The van der Waals surface area contributed by atoms with Gasteiger partial charge in [-0.1, -0.05) is 24.3 Å². The fourth-order valence-corrected chi connectivity index (χ4v) is 7.53. The van der Waals surface area contributed by atoms with E-state index in [4.69, 9.17) is 9.72 Å². The van der Waals surface area contributed by atoms with E-state index in [-0.39, 0.29) is 36.1 Å². The number of hydrogen-bond acceptors (Lipinski definition) is 10. The highest BCUT2D eigenvalue weighted by atomic mass is 19.4. The van der Waals surface area contributed by atoms with Gasteiger partial charge in [-0.3, -0.25) is 24.6 Å². The van der Waals surface area contributed by atoms with Crippen molar-refractivity contribution in [1.82, 2.24) is 24.8 Å². The SMILES string of the molecule is COc1cc(/C=C/c2ccnc(-c3cccc(Nc4nccc5cc(CN6CC[C@@H](O)C6)cnc45)c3C)c2C#N)c(C(F)(F)F)cc1CN1CC[C@@H](C(=O)O)C1. The number of aliphatic hydroxyl groups excluding tert-OH is 1. The average molecular weight is 764 g/mol. The highest BCUT2D eigenvalue weighted by Gasteiger charge is 2.35. The molecule has 5 aromatic rings. The first-order valence-electron chi connectivity index (χ1n) is 18.2. The Kier molecular flexibility index (Phi) is 11.0. The van der Waals surface area contributed by atoms with Crippen LogP contribution in [0.4, 0.5) is 24.7 Å². The third kappa shape index (κ3) is 8.20. The number of benzene rings is 2. The van der Waals surface area contributed by atoms with E-state index in [2.05, 4.69) is 32.3 Å². The second kappa shape index (κ2) is 16.1. The van der Waals surface area contributed by atoms with Gasteiger partial charge in [0.25, 0.3) is 0 Å². The van der Waals surface area contributed by atoms with Crippen LogP contribution in [-0.2, 0) is 24.1 Å². The van der Waals surface area contributed by atoms with Gasteiger partial charge >= 0.3 is 12.1 Å². The molecule has 0 saturated carbocycles. The summed E-state index contributed by atoms with van der Waals surface area (Å²) in [4.78, 5) is 29.3. The molecule has 2 aromatic carbocycles. The molecular weight excluding hydrogens is 724 g/mol. The van der Waals surface area contributed by atoms with Crippen LogP contribution < -0.4 is 10.1 Å². The topological polar surface area (TPSA) is 148 Å². The molecule has 11 nitrogen and oxygen atoms in total. The monoisotopic (exact) mass is 763 g/mol. The van der Waals surface area contributed by atoms with Gasteiger partial charge in [-0.2, -0.15) is 18.4 Å². The summed E-state index contributed by atoms with van der Waals surface area (Å²) < 4.78 is 48.9. The van der Waals surface area contributed by atoms with Crippen LogP contribution >= 0.6 is 0 Å². The van der Waals surface area contributed by atoms with E-state index in [0.29, 0.717) is 65.5 Å². The van der Waals surface area contributed by atoms with Crippen molar-refractivity contribution in [2.75, 3.05) is 38.6 Å². The van der Waals surface area contributed by atoms with Crippen LogP contribution in [0.15, 0.2) is 67.1 Å². The number of halogens is 3. The third-order valence-electron chi connectivity index (χ3n) is 10.5. The van der Waals surface area contributed by atoms with Gasteiger partial charge in [0.2, 0.25) is 0 Å². The molecule has 2 aliphatic rings. The van der Waals surface area contributed by atoms with Gasteiger partial charge in [-0.15, -0.1) is 0 Å². The van der Waals surface area contributed by atoms with Crippen LogP contribution in [-0.4, -0.2) is 80.3 Å². The summed E-state index contributed by atoms with van der Waals surface area (Å²) in [5, 5.41) is 34.0. The van der Waals surface area contributed by atoms with Gasteiger partial charge in [0.05, 0.1) is 36.0 Å². The predicted molar refractivity (Wildman–Crippen MR) is 206 cm³/mol. The lowest BCUT2D eigenvalue weighted by Gasteiger charge is -2.20. The number of rotatable bonds is 11. The molecule has 2 aliphatic heterocycles. The zero-order valence-electron chi connectivity index (χ0n) is 30.8. The number of hydrogen-bond donors (Lipinski definition) is 3. The number of aliphatic hydroxyl groups is 1. The zero-order valence-corrected chi connectivity index (χ0v) is 30.8. The van der Waals surface area contributed by atoms with Gasteiger partial charge in [0.1, 0.15) is 17.3 Å². The highest BCUT2D eigenvalue weighted by Crippen LogP contribution is 2.39. The van der Waals surface area contributed by atoms with Gasteiger partial charge in [0.15, 0.2) is 5.82 Å². The normalized spacial score (nSPS) is 17.8. The predicted octanol–water partition coefficient (Wildman–Crippen LogP) is 7.29. The number of carboxylic acid groups (broad SMARTS) is 1. The number of pyridine rings is 3. The Bertz CT molecular complexity index is 2360. The molecule has 0 spiro atoms. The molecule has 2 fully saturated rings. The van der Waals surface area contributed by atoms with Crippen LogP contribution in [0.2, 0.25) is 0 Å². The molecule has 0 bridgehead atoms. The van der Waals surface area contributed by atoms with E-state index in [1.807, 2.05) is 42.3 Å². The van der Waals surface area contributed by atoms with Crippen molar-refractivity contribution in [3.8, 4) is 23.1 Å². The van der Waals surface area contributed by atoms with E-state index in [1.165, 1.54) is 31.5 Å². The first-order chi connectivity index (χ1) is 26.9. The van der Waals surface area contributed by atoms with E-state index >= 15 is 0 Å². The number of nitrogens with zero attached hydrogens (tertiary/aromatic N) is 6. The molecule has 0 amide bonds. The summed E-state index contributed by atoms with van der Waals surface area (Å²) in [5.74, 6) is -0.704. The minimum Gasteiger partial charge on any atom is -0.496 e. The Morgan fingerprint density at radius 2 is 1.79 bits per heavy atom. The number of nitrogens with one attached hydrogen (secondary N) is 1. The highest BCUT2D eigenvalue weighted by molar-refractivity contribution is 5.91. The Balaban J connectivity index is 1.16. The van der Waals surface area contributed by atoms with Crippen LogP contribution in [0.25, 0.3) is 34.3 Å². The first kappa shape index (κ1) is 38.4. The summed E-state index contributed by atoms with van der Waals surface area (Å²) in [6.07, 6.45) is 4.01. The molecule has 0 aliphatic carbocycles.